The Hall–Kier alpha value is -3.67. The second-order valence-corrected chi connectivity index (χ2v) is 9.91. The van der Waals surface area contributed by atoms with E-state index in [1.54, 1.807) is 55.2 Å². The minimum absolute atomic E-state index is 0.0762. The number of ether oxygens (including phenoxy) is 1. The minimum Gasteiger partial charge on any atom is -0.491 e. The zero-order valence-electron chi connectivity index (χ0n) is 22.0. The largest absolute Gasteiger partial charge is 0.491 e. The summed E-state index contributed by atoms with van der Waals surface area (Å²) in [6.07, 6.45) is 0.485. The molecule has 0 unspecified atom stereocenters. The van der Waals surface area contributed by atoms with E-state index in [0.29, 0.717) is 17.7 Å². The summed E-state index contributed by atoms with van der Waals surface area (Å²) in [4.78, 5) is 69.7. The highest BCUT2D eigenvalue weighted by molar-refractivity contribution is 5.95. The van der Waals surface area contributed by atoms with Crippen molar-refractivity contribution in [2.24, 2.45) is 0 Å². The predicted molar refractivity (Wildman–Crippen MR) is 135 cm³/mol. The van der Waals surface area contributed by atoms with Crippen LogP contribution in [-0.2, 0) is 19.2 Å². The zero-order valence-corrected chi connectivity index (χ0v) is 22.0. The first-order valence-corrected chi connectivity index (χ1v) is 12.2. The molecule has 0 aromatic heterocycles. The van der Waals surface area contributed by atoms with Crippen LogP contribution in [0.1, 0.15) is 23.7 Å². The number of amides is 5. The van der Waals surface area contributed by atoms with Crippen molar-refractivity contribution in [2.45, 2.75) is 31.5 Å². The lowest BCUT2D eigenvalue weighted by Gasteiger charge is -2.30. The molecule has 3 atom stereocenters. The maximum absolute atomic E-state index is 13.3. The van der Waals surface area contributed by atoms with Gasteiger partial charge >= 0.3 is 0 Å². The molecule has 12 nitrogen and oxygen atoms in total. The molecule has 1 aromatic rings. The molecule has 202 valence electrons. The quantitative estimate of drug-likeness (QED) is 0.512. The molecule has 2 aliphatic heterocycles. The first-order chi connectivity index (χ1) is 17.4. The van der Waals surface area contributed by atoms with Crippen molar-refractivity contribution >= 4 is 29.5 Å². The minimum atomic E-state index is -1.03. The van der Waals surface area contributed by atoms with E-state index in [-0.39, 0.29) is 62.6 Å². The molecule has 0 spiro atoms. The lowest BCUT2D eigenvalue weighted by molar-refractivity contribution is -0.142. The van der Waals surface area contributed by atoms with Crippen LogP contribution in [0, 0.1) is 0 Å². The number of carbonyl (C=O) groups is 5. The van der Waals surface area contributed by atoms with Crippen LogP contribution in [0.4, 0.5) is 0 Å². The van der Waals surface area contributed by atoms with Gasteiger partial charge in [0.15, 0.2) is 0 Å². The van der Waals surface area contributed by atoms with Crippen LogP contribution in [0.15, 0.2) is 24.3 Å². The highest BCUT2D eigenvalue weighted by atomic mass is 16.5. The number of nitrogens with zero attached hydrogens (tertiary/aromatic N) is 4. The first kappa shape index (κ1) is 27.9. The number of rotatable bonds is 4. The highest BCUT2D eigenvalue weighted by Crippen LogP contribution is 2.22. The number of hydrogen-bond acceptors (Lipinski definition) is 7. The van der Waals surface area contributed by atoms with E-state index < -0.39 is 17.9 Å². The van der Waals surface area contributed by atoms with Crippen LogP contribution < -0.4 is 15.4 Å². The zero-order chi connectivity index (χ0) is 27.3. The monoisotopic (exact) mass is 516 g/mol. The van der Waals surface area contributed by atoms with E-state index in [2.05, 4.69) is 10.6 Å². The van der Waals surface area contributed by atoms with Crippen LogP contribution in [0.5, 0.6) is 5.75 Å². The van der Waals surface area contributed by atoms with Gasteiger partial charge in [-0.1, -0.05) is 6.07 Å². The Kier molecular flexibility index (Phi) is 9.09. The number of fused-ring (bicyclic) bond motifs is 3. The van der Waals surface area contributed by atoms with Gasteiger partial charge in [-0.2, -0.15) is 0 Å². The topological polar surface area (TPSA) is 132 Å². The van der Waals surface area contributed by atoms with Gasteiger partial charge in [-0.15, -0.1) is 0 Å². The third-order valence-electron chi connectivity index (χ3n) is 6.31. The summed E-state index contributed by atoms with van der Waals surface area (Å²) < 4.78 is 5.98. The fourth-order valence-electron chi connectivity index (χ4n) is 4.60. The van der Waals surface area contributed by atoms with Crippen molar-refractivity contribution in [3.63, 3.8) is 0 Å². The van der Waals surface area contributed by atoms with Crippen LogP contribution in [-0.4, -0.2) is 128 Å². The van der Waals surface area contributed by atoms with Gasteiger partial charge in [0, 0.05) is 45.7 Å². The number of nitrogens with one attached hydrogen (secondary N) is 2. The summed E-state index contributed by atoms with van der Waals surface area (Å²) in [5.41, 5.74) is 0.366. The van der Waals surface area contributed by atoms with E-state index in [4.69, 9.17) is 4.74 Å². The van der Waals surface area contributed by atoms with Crippen molar-refractivity contribution in [1.29, 1.82) is 0 Å². The summed E-state index contributed by atoms with van der Waals surface area (Å²) >= 11 is 0. The van der Waals surface area contributed by atoms with Crippen molar-refractivity contribution in [3.8, 4) is 5.75 Å². The first-order valence-electron chi connectivity index (χ1n) is 12.2. The SMILES string of the molecule is CC(=O)N[C@H]1CN(C)C(=O)c2cccc(c2)OC[C@@H]2C[C@@H](NC(=O)CN(C)C)CN2C(=O)CN(C)C1=O. The average molecular weight is 517 g/mol. The lowest BCUT2D eigenvalue weighted by atomic mass is 10.1. The molecule has 2 bridgehead atoms. The van der Waals surface area contributed by atoms with Crippen molar-refractivity contribution < 1.29 is 28.7 Å². The van der Waals surface area contributed by atoms with Crippen molar-refractivity contribution in [1.82, 2.24) is 30.2 Å². The smallest absolute Gasteiger partial charge is 0.253 e. The Balaban J connectivity index is 1.89. The van der Waals surface area contributed by atoms with Crippen molar-refractivity contribution in [2.75, 3.05) is 61.0 Å². The molecule has 1 saturated heterocycles. The maximum atomic E-state index is 13.3. The normalized spacial score (nSPS) is 23.2. The van der Waals surface area contributed by atoms with Gasteiger partial charge in [0.05, 0.1) is 19.1 Å². The average Bonchev–Trinajstić information content (AvgIpc) is 3.22. The molecule has 5 amide bonds. The highest BCUT2D eigenvalue weighted by Gasteiger charge is 2.38. The summed E-state index contributed by atoms with van der Waals surface area (Å²) in [5.74, 6) is -1.24. The van der Waals surface area contributed by atoms with E-state index in [1.807, 2.05) is 0 Å². The third kappa shape index (κ3) is 7.42. The molecule has 0 aliphatic carbocycles. The van der Waals surface area contributed by atoms with Gasteiger partial charge in [-0.05, 0) is 38.7 Å². The second-order valence-electron chi connectivity index (χ2n) is 9.91. The molecule has 1 aromatic carbocycles. The molecular formula is C25H36N6O6. The molecule has 0 radical (unpaired) electrons. The van der Waals surface area contributed by atoms with Gasteiger partial charge in [0.2, 0.25) is 23.6 Å². The molecule has 37 heavy (non-hydrogen) atoms. The summed E-state index contributed by atoms with van der Waals surface area (Å²) in [6.45, 7) is 1.65. The molecular weight excluding hydrogens is 480 g/mol. The van der Waals surface area contributed by atoms with Gasteiger partial charge in [0.25, 0.3) is 5.91 Å². The third-order valence-corrected chi connectivity index (χ3v) is 6.31. The summed E-state index contributed by atoms with van der Waals surface area (Å²) in [7, 11) is 6.62. The Morgan fingerprint density at radius 2 is 1.81 bits per heavy atom. The standard InChI is InChI=1S/C25H36N6O6/c1-16(32)26-21-12-29(4)24(35)17-7-6-8-20(9-17)37-15-19-10-18(27-22(33)13-28(2)3)11-31(19)23(34)14-30(5)25(21)36/h6-9,18-19,21H,10-15H2,1-5H3,(H,26,32)(H,27,33)/t18-,19+,21+/m1/s1. The van der Waals surface area contributed by atoms with E-state index in [1.165, 1.54) is 23.8 Å². The van der Waals surface area contributed by atoms with Crippen LogP contribution in [0.2, 0.25) is 0 Å². The van der Waals surface area contributed by atoms with Crippen molar-refractivity contribution in [3.05, 3.63) is 29.8 Å². The number of carbonyl (C=O) groups excluding carboxylic acids is 5. The second kappa shape index (κ2) is 12.0. The summed E-state index contributed by atoms with van der Waals surface area (Å²) in [5, 5.41) is 5.56. The Bertz CT molecular complexity index is 1050. The van der Waals surface area contributed by atoms with E-state index in [0.717, 1.165) is 0 Å². The lowest BCUT2D eigenvalue weighted by Crippen LogP contribution is -2.54. The predicted octanol–water partition coefficient (Wildman–Crippen LogP) is -1.24. The maximum Gasteiger partial charge on any atom is 0.253 e. The number of benzene rings is 1. The van der Waals surface area contributed by atoms with E-state index in [9.17, 15) is 24.0 Å². The van der Waals surface area contributed by atoms with Gasteiger partial charge < -0.3 is 35.0 Å². The van der Waals surface area contributed by atoms with Crippen LogP contribution >= 0.6 is 0 Å². The van der Waals surface area contributed by atoms with Gasteiger partial charge in [-0.3, -0.25) is 24.0 Å². The summed E-state index contributed by atoms with van der Waals surface area (Å²) in [6, 6.07) is 5.04. The fourth-order valence-corrected chi connectivity index (χ4v) is 4.60. The van der Waals surface area contributed by atoms with Gasteiger partial charge in [-0.25, -0.2) is 0 Å². The van der Waals surface area contributed by atoms with Crippen LogP contribution in [0.25, 0.3) is 0 Å². The van der Waals surface area contributed by atoms with Gasteiger partial charge in [0.1, 0.15) is 18.4 Å². The molecule has 2 aliphatic rings. The molecule has 2 heterocycles. The number of hydrogen-bond donors (Lipinski definition) is 2. The van der Waals surface area contributed by atoms with Crippen LogP contribution in [0.3, 0.4) is 0 Å². The fraction of sp³-hybridized carbons (Fsp3) is 0.560. The Morgan fingerprint density at radius 3 is 2.49 bits per heavy atom. The molecule has 1 fully saturated rings. The number of likely N-dealkylation sites (N-methyl/N-ethyl adjacent to an activating group) is 3. The molecule has 0 saturated carbocycles. The molecule has 12 heteroatoms. The Labute approximate surface area is 216 Å². The Morgan fingerprint density at radius 1 is 1.08 bits per heavy atom. The molecule has 2 N–H and O–H groups in total. The molecule has 3 rings (SSSR count). The van der Waals surface area contributed by atoms with E-state index >= 15 is 0 Å².